The Bertz CT molecular complexity index is 3460. The average molecular weight is 782 g/mol. The molecular formula is C57H35NOS. The number of hydrogen-bond donors (Lipinski definition) is 0. The molecule has 60 heavy (non-hydrogen) atoms. The van der Waals surface area contributed by atoms with Crippen molar-refractivity contribution >= 4 is 70.1 Å². The van der Waals surface area contributed by atoms with E-state index >= 15 is 0 Å². The summed E-state index contributed by atoms with van der Waals surface area (Å²) >= 11 is 1.87. The summed E-state index contributed by atoms with van der Waals surface area (Å²) in [6.45, 7) is 0. The highest BCUT2D eigenvalue weighted by Crippen LogP contribution is 2.65. The van der Waals surface area contributed by atoms with Crippen LogP contribution in [0.3, 0.4) is 0 Å². The van der Waals surface area contributed by atoms with Crippen LogP contribution in [0.5, 0.6) is 11.5 Å². The predicted molar refractivity (Wildman–Crippen MR) is 252 cm³/mol. The maximum Gasteiger partial charge on any atom is 0.140 e. The molecule has 0 N–H and O–H groups in total. The number of benzene rings is 10. The molecule has 1 spiro atoms. The van der Waals surface area contributed by atoms with E-state index in [9.17, 15) is 0 Å². The second-order valence-corrected chi connectivity index (χ2v) is 16.9. The van der Waals surface area contributed by atoms with Crippen molar-refractivity contribution in [1.29, 1.82) is 0 Å². The van der Waals surface area contributed by atoms with Crippen LogP contribution in [-0.4, -0.2) is 0 Å². The van der Waals surface area contributed by atoms with Crippen molar-refractivity contribution < 1.29 is 4.74 Å². The van der Waals surface area contributed by atoms with Crippen molar-refractivity contribution in [3.05, 3.63) is 235 Å². The molecule has 0 saturated carbocycles. The largest absolute Gasteiger partial charge is 0.455 e. The van der Waals surface area contributed by atoms with Crippen LogP contribution in [0.25, 0.3) is 64.0 Å². The van der Waals surface area contributed by atoms with Gasteiger partial charge < -0.3 is 9.64 Å². The van der Waals surface area contributed by atoms with Crippen molar-refractivity contribution in [2.45, 2.75) is 5.41 Å². The van der Waals surface area contributed by atoms with Gasteiger partial charge in [-0.25, -0.2) is 0 Å². The van der Waals surface area contributed by atoms with Gasteiger partial charge in [-0.05, 0) is 68.9 Å². The molecule has 11 aromatic rings. The monoisotopic (exact) mass is 781 g/mol. The Morgan fingerprint density at radius 3 is 1.68 bits per heavy atom. The molecule has 1 aliphatic heterocycles. The number of rotatable bonds is 4. The first-order valence-electron chi connectivity index (χ1n) is 20.6. The number of fused-ring (bicyclic) bond motifs is 16. The number of hydrogen-bond acceptors (Lipinski definition) is 3. The quantitative estimate of drug-likeness (QED) is 0.176. The lowest BCUT2D eigenvalue weighted by Crippen LogP contribution is -2.32. The fourth-order valence-corrected chi connectivity index (χ4v) is 11.7. The molecule has 2 heterocycles. The van der Waals surface area contributed by atoms with Crippen LogP contribution in [0, 0.1) is 0 Å². The number of nitrogens with zero attached hydrogens (tertiary/aromatic N) is 1. The molecule has 2 aliphatic rings. The number of thiophene rings is 1. The summed E-state index contributed by atoms with van der Waals surface area (Å²) in [4.78, 5) is 2.47. The SMILES string of the molecule is c1ccc(N(c2ccccc2-c2cccc3c2-c2ccccc2C32c3ccc4ccccc4c3Oc3c2ccc2ccccc32)c2cccc3c2sc2ccccc23)cc1. The van der Waals surface area contributed by atoms with Gasteiger partial charge in [0.05, 0.1) is 21.5 Å². The molecule has 280 valence electrons. The molecule has 1 aliphatic carbocycles. The maximum absolute atomic E-state index is 7.24. The Kier molecular flexibility index (Phi) is 7.13. The van der Waals surface area contributed by atoms with Gasteiger partial charge in [-0.2, -0.15) is 0 Å². The molecule has 0 saturated heterocycles. The average Bonchev–Trinajstić information content (AvgIpc) is 3.84. The number of anilines is 3. The Balaban J connectivity index is 1.12. The van der Waals surface area contributed by atoms with E-state index in [1.54, 1.807) is 0 Å². The van der Waals surface area contributed by atoms with E-state index in [1.807, 2.05) is 11.3 Å². The molecule has 0 unspecified atom stereocenters. The van der Waals surface area contributed by atoms with Crippen LogP contribution in [0.4, 0.5) is 17.1 Å². The van der Waals surface area contributed by atoms with Crippen molar-refractivity contribution in [2.75, 3.05) is 4.90 Å². The summed E-state index contributed by atoms with van der Waals surface area (Å²) in [5.74, 6) is 1.86. The van der Waals surface area contributed by atoms with Gasteiger partial charge >= 0.3 is 0 Å². The number of ether oxygens (including phenoxy) is 1. The Hall–Kier alpha value is -7.46. The van der Waals surface area contributed by atoms with Crippen LogP contribution in [-0.2, 0) is 5.41 Å². The first kappa shape index (κ1) is 33.5. The fraction of sp³-hybridized carbons (Fsp3) is 0.0175. The first-order valence-corrected chi connectivity index (χ1v) is 21.4. The van der Waals surface area contributed by atoms with Gasteiger partial charge in [-0.1, -0.05) is 182 Å². The van der Waals surface area contributed by atoms with Crippen molar-refractivity contribution in [3.8, 4) is 33.8 Å². The van der Waals surface area contributed by atoms with E-state index < -0.39 is 5.41 Å². The van der Waals surface area contributed by atoms with Crippen LogP contribution in [0.2, 0.25) is 0 Å². The van der Waals surface area contributed by atoms with Gasteiger partial charge in [-0.3, -0.25) is 0 Å². The highest BCUT2D eigenvalue weighted by molar-refractivity contribution is 7.26. The van der Waals surface area contributed by atoms with Gasteiger partial charge in [0.1, 0.15) is 11.5 Å². The minimum Gasteiger partial charge on any atom is -0.455 e. The Morgan fingerprint density at radius 1 is 0.367 bits per heavy atom. The Labute approximate surface area is 351 Å². The summed E-state index contributed by atoms with van der Waals surface area (Å²) in [5.41, 5.74) is 12.5. The first-order chi connectivity index (χ1) is 29.8. The zero-order valence-electron chi connectivity index (χ0n) is 32.5. The lowest BCUT2D eigenvalue weighted by molar-refractivity contribution is 0.447. The summed E-state index contributed by atoms with van der Waals surface area (Å²) in [6, 6.07) is 77.9. The smallest absolute Gasteiger partial charge is 0.140 e. The van der Waals surface area contributed by atoms with E-state index in [0.717, 1.165) is 33.6 Å². The Morgan fingerprint density at radius 2 is 0.917 bits per heavy atom. The third kappa shape index (κ3) is 4.53. The molecule has 1 aromatic heterocycles. The van der Waals surface area contributed by atoms with E-state index in [0.29, 0.717) is 0 Å². The minimum atomic E-state index is -0.629. The van der Waals surface area contributed by atoms with Crippen LogP contribution >= 0.6 is 11.3 Å². The fourth-order valence-electron chi connectivity index (χ4n) is 10.5. The molecule has 0 fully saturated rings. The lowest BCUT2D eigenvalue weighted by atomic mass is 9.65. The van der Waals surface area contributed by atoms with Gasteiger partial charge in [0.15, 0.2) is 0 Å². The second kappa shape index (κ2) is 12.8. The van der Waals surface area contributed by atoms with Gasteiger partial charge in [0.2, 0.25) is 0 Å². The van der Waals surface area contributed by atoms with Gasteiger partial charge in [0.25, 0.3) is 0 Å². The van der Waals surface area contributed by atoms with E-state index in [1.165, 1.54) is 81.1 Å². The van der Waals surface area contributed by atoms with Crippen molar-refractivity contribution in [3.63, 3.8) is 0 Å². The number of para-hydroxylation sites is 2. The van der Waals surface area contributed by atoms with E-state index in [-0.39, 0.29) is 0 Å². The van der Waals surface area contributed by atoms with Crippen LogP contribution in [0.15, 0.2) is 212 Å². The molecule has 10 aromatic carbocycles. The highest BCUT2D eigenvalue weighted by Gasteiger charge is 2.52. The standard InChI is InChI=1S/C57H35NOS/c1-2-18-38(19-3-1)58(51-30-15-26-44-42-23-10-13-31-52(42)60-56(44)51)50-29-12-9-22-41(50)43-25-14-28-47-53(43)45-24-8-11-27-46(45)57(47)48-34-32-36-16-4-6-20-39(36)54(48)59-55-40-21-7-5-17-37(40)33-35-49(55)57/h1-35H. The summed E-state index contributed by atoms with van der Waals surface area (Å²) in [7, 11) is 0. The lowest BCUT2D eigenvalue weighted by Gasteiger charge is -2.40. The molecule has 3 heteroatoms. The van der Waals surface area contributed by atoms with Crippen molar-refractivity contribution in [1.82, 2.24) is 0 Å². The van der Waals surface area contributed by atoms with Gasteiger partial charge in [-0.15, -0.1) is 11.3 Å². The molecule has 0 bridgehead atoms. The third-order valence-corrected chi connectivity index (χ3v) is 14.1. The van der Waals surface area contributed by atoms with Crippen LogP contribution < -0.4 is 9.64 Å². The topological polar surface area (TPSA) is 12.5 Å². The molecule has 2 nitrogen and oxygen atoms in total. The van der Waals surface area contributed by atoms with E-state index in [2.05, 4.69) is 217 Å². The molecule has 0 atom stereocenters. The molecule has 13 rings (SSSR count). The summed E-state index contributed by atoms with van der Waals surface area (Å²) < 4.78 is 9.80. The highest BCUT2D eigenvalue weighted by atomic mass is 32.1. The zero-order chi connectivity index (χ0) is 39.4. The maximum atomic E-state index is 7.24. The van der Waals surface area contributed by atoms with Crippen molar-refractivity contribution in [2.24, 2.45) is 0 Å². The summed E-state index contributed by atoms with van der Waals surface area (Å²) in [6.07, 6.45) is 0. The molecule has 0 radical (unpaired) electrons. The third-order valence-electron chi connectivity index (χ3n) is 12.9. The second-order valence-electron chi connectivity index (χ2n) is 15.9. The summed E-state index contributed by atoms with van der Waals surface area (Å²) in [5, 5.41) is 7.14. The normalized spacial score (nSPS) is 13.3. The zero-order valence-corrected chi connectivity index (χ0v) is 33.3. The van der Waals surface area contributed by atoms with E-state index in [4.69, 9.17) is 4.74 Å². The molecular weight excluding hydrogens is 747 g/mol. The molecule has 0 amide bonds. The minimum absolute atomic E-state index is 0.629. The van der Waals surface area contributed by atoms with Crippen LogP contribution in [0.1, 0.15) is 22.3 Å². The van der Waals surface area contributed by atoms with Gasteiger partial charge in [0, 0.05) is 48.6 Å². The predicted octanol–water partition coefficient (Wildman–Crippen LogP) is 16.0.